The van der Waals surface area contributed by atoms with Gasteiger partial charge in [-0.1, -0.05) is 58.5 Å². The Kier molecular flexibility index (Phi) is 2.47. The molecule has 0 aromatic heterocycles. The predicted octanol–water partition coefficient (Wildman–Crippen LogP) is 5.43. The molecule has 16 heavy (non-hydrogen) atoms. The van der Waals surface area contributed by atoms with Gasteiger partial charge in [0.25, 0.3) is 0 Å². The Bertz CT molecular complexity index is 279. The van der Waals surface area contributed by atoms with Gasteiger partial charge in [-0.3, -0.25) is 0 Å². The second kappa shape index (κ2) is 3.29. The smallest absolute Gasteiger partial charge is 0.0281 e. The molecule has 0 spiro atoms. The van der Waals surface area contributed by atoms with Crippen molar-refractivity contribution in [3.05, 3.63) is 0 Å². The van der Waals surface area contributed by atoms with Gasteiger partial charge in [-0.05, 0) is 49.4 Å². The van der Waals surface area contributed by atoms with Crippen LogP contribution in [0.1, 0.15) is 65.2 Å². The van der Waals surface area contributed by atoms with E-state index in [-0.39, 0.29) is 0 Å². The Morgan fingerprint density at radius 3 is 1.38 bits per heavy atom. The third-order valence-electron chi connectivity index (χ3n) is 5.65. The first-order chi connectivity index (χ1) is 7.36. The zero-order chi connectivity index (χ0) is 11.7. The van der Waals surface area contributed by atoms with Crippen molar-refractivity contribution < 1.29 is 0 Å². The van der Waals surface area contributed by atoms with Gasteiger partial charge in [-0.15, -0.1) is 0 Å². The molecule has 4 saturated carbocycles. The molecule has 4 aliphatic carbocycles. The van der Waals surface area contributed by atoms with E-state index in [0.717, 1.165) is 0 Å². The average Bonchev–Trinajstić information content (AvgIpc) is 2.12. The minimum atomic E-state index is 0.456. The molecule has 0 N–H and O–H groups in total. The zero-order valence-electron chi connectivity index (χ0n) is 10.4. The summed E-state index contributed by atoms with van der Waals surface area (Å²) in [5.41, 5.74) is 1.27. The minimum Gasteiger partial charge on any atom is -0.0852 e. The number of hydrogen-bond donors (Lipinski definition) is 0. The Hall–Kier alpha value is 0.960. The third-order valence-corrected chi connectivity index (χ3v) is 7.33. The first-order valence-corrected chi connectivity index (χ1v) is 8.33. The second-order valence-electron chi connectivity index (χ2n) is 7.07. The SMILES string of the molecule is CCC12CC3(Br)CC(Br)(C1)CC(CC)(C3)C2. The van der Waals surface area contributed by atoms with Gasteiger partial charge in [0, 0.05) is 8.65 Å². The molecule has 92 valence electrons. The van der Waals surface area contributed by atoms with E-state index in [0.29, 0.717) is 19.5 Å². The summed E-state index contributed by atoms with van der Waals surface area (Å²) in [6, 6.07) is 0. The maximum absolute atomic E-state index is 4.11. The van der Waals surface area contributed by atoms with Crippen molar-refractivity contribution in [2.75, 3.05) is 0 Å². The molecular formula is C14H22Br2. The molecule has 0 atom stereocenters. The van der Waals surface area contributed by atoms with Crippen molar-refractivity contribution in [3.8, 4) is 0 Å². The summed E-state index contributed by atoms with van der Waals surface area (Å²) in [5.74, 6) is 0. The Labute approximate surface area is 116 Å². The fraction of sp³-hybridized carbons (Fsp3) is 1.00. The Balaban J connectivity index is 2.06. The Morgan fingerprint density at radius 2 is 1.06 bits per heavy atom. The van der Waals surface area contributed by atoms with Crippen LogP contribution in [0, 0.1) is 10.8 Å². The lowest BCUT2D eigenvalue weighted by molar-refractivity contribution is -0.0821. The normalized spacial score (nSPS) is 59.2. The molecule has 0 radical (unpaired) electrons. The van der Waals surface area contributed by atoms with E-state index < -0.39 is 0 Å². The molecule has 0 aliphatic heterocycles. The van der Waals surface area contributed by atoms with Gasteiger partial charge in [0.2, 0.25) is 0 Å². The van der Waals surface area contributed by atoms with E-state index in [1.54, 1.807) is 0 Å². The van der Waals surface area contributed by atoms with Crippen LogP contribution in [0.4, 0.5) is 0 Å². The highest BCUT2D eigenvalue weighted by molar-refractivity contribution is 9.10. The topological polar surface area (TPSA) is 0 Å². The van der Waals surface area contributed by atoms with Crippen LogP contribution in [0.25, 0.3) is 0 Å². The van der Waals surface area contributed by atoms with Gasteiger partial charge in [-0.2, -0.15) is 0 Å². The number of alkyl halides is 2. The maximum atomic E-state index is 4.11. The Morgan fingerprint density at radius 1 is 0.688 bits per heavy atom. The minimum absolute atomic E-state index is 0.456. The third kappa shape index (κ3) is 1.58. The van der Waals surface area contributed by atoms with Crippen molar-refractivity contribution in [1.29, 1.82) is 0 Å². The number of rotatable bonds is 2. The van der Waals surface area contributed by atoms with Gasteiger partial charge in [0.05, 0.1) is 0 Å². The quantitative estimate of drug-likeness (QED) is 0.583. The molecule has 0 unspecified atom stereocenters. The fourth-order valence-electron chi connectivity index (χ4n) is 5.55. The second-order valence-corrected chi connectivity index (χ2v) is 10.4. The van der Waals surface area contributed by atoms with E-state index in [4.69, 9.17) is 0 Å². The number of halogens is 2. The van der Waals surface area contributed by atoms with Crippen LogP contribution in [0.15, 0.2) is 0 Å². The lowest BCUT2D eigenvalue weighted by Gasteiger charge is -2.68. The van der Waals surface area contributed by atoms with Gasteiger partial charge >= 0.3 is 0 Å². The monoisotopic (exact) mass is 348 g/mol. The highest BCUT2D eigenvalue weighted by atomic mass is 79.9. The zero-order valence-corrected chi connectivity index (χ0v) is 13.6. The van der Waals surface area contributed by atoms with Crippen molar-refractivity contribution in [2.45, 2.75) is 73.9 Å². The summed E-state index contributed by atoms with van der Waals surface area (Å²) in [6.45, 7) is 4.81. The van der Waals surface area contributed by atoms with Crippen molar-refractivity contribution in [2.24, 2.45) is 10.8 Å². The van der Waals surface area contributed by atoms with Gasteiger partial charge in [-0.25, -0.2) is 0 Å². The summed E-state index contributed by atoms with van der Waals surface area (Å²) < 4.78 is 0.911. The van der Waals surface area contributed by atoms with E-state index in [1.807, 2.05) is 0 Å². The van der Waals surface area contributed by atoms with Crippen LogP contribution < -0.4 is 0 Å². The van der Waals surface area contributed by atoms with Crippen molar-refractivity contribution in [3.63, 3.8) is 0 Å². The first kappa shape index (κ1) is 12.0. The van der Waals surface area contributed by atoms with Crippen LogP contribution in [0.3, 0.4) is 0 Å². The summed E-state index contributed by atoms with van der Waals surface area (Å²) in [4.78, 5) is 0. The number of hydrogen-bond acceptors (Lipinski definition) is 0. The fourth-order valence-corrected chi connectivity index (χ4v) is 9.38. The largest absolute Gasteiger partial charge is 0.0852 e. The van der Waals surface area contributed by atoms with E-state index in [2.05, 4.69) is 45.7 Å². The molecule has 0 nitrogen and oxygen atoms in total. The molecule has 2 heteroatoms. The summed E-state index contributed by atoms with van der Waals surface area (Å²) in [6.07, 6.45) is 11.3. The maximum Gasteiger partial charge on any atom is 0.0281 e. The van der Waals surface area contributed by atoms with E-state index in [1.165, 1.54) is 51.4 Å². The van der Waals surface area contributed by atoms with Crippen LogP contribution in [0.2, 0.25) is 0 Å². The van der Waals surface area contributed by atoms with E-state index in [9.17, 15) is 0 Å². The van der Waals surface area contributed by atoms with Crippen molar-refractivity contribution in [1.82, 2.24) is 0 Å². The highest BCUT2D eigenvalue weighted by Gasteiger charge is 2.65. The summed E-state index contributed by atoms with van der Waals surface area (Å²) >= 11 is 8.23. The predicted molar refractivity (Wildman–Crippen MR) is 76.5 cm³/mol. The standard InChI is InChI=1S/C14H22Br2/c1-3-11-5-12(4-2)8-13(15,6-11)10-14(16,7-11)9-12/h3-10H2,1-2H3. The first-order valence-electron chi connectivity index (χ1n) is 6.74. The average molecular weight is 350 g/mol. The molecule has 0 aromatic rings. The van der Waals surface area contributed by atoms with Crippen LogP contribution in [-0.4, -0.2) is 8.65 Å². The lowest BCUT2D eigenvalue weighted by Crippen LogP contribution is -2.62. The molecule has 0 amide bonds. The molecule has 0 heterocycles. The molecule has 4 rings (SSSR count). The molecule has 0 saturated heterocycles. The van der Waals surface area contributed by atoms with Crippen LogP contribution in [-0.2, 0) is 0 Å². The van der Waals surface area contributed by atoms with Crippen LogP contribution >= 0.6 is 31.9 Å². The molecule has 0 aromatic carbocycles. The summed E-state index contributed by atoms with van der Waals surface area (Å²) in [5, 5.41) is 0. The lowest BCUT2D eigenvalue weighted by atomic mass is 9.43. The summed E-state index contributed by atoms with van der Waals surface area (Å²) in [7, 11) is 0. The van der Waals surface area contributed by atoms with Gasteiger partial charge < -0.3 is 0 Å². The highest BCUT2D eigenvalue weighted by Crippen LogP contribution is 2.73. The molecular weight excluding hydrogens is 328 g/mol. The van der Waals surface area contributed by atoms with Crippen LogP contribution in [0.5, 0.6) is 0 Å². The van der Waals surface area contributed by atoms with E-state index >= 15 is 0 Å². The molecule has 4 aliphatic rings. The van der Waals surface area contributed by atoms with Crippen molar-refractivity contribution >= 4 is 31.9 Å². The molecule has 4 bridgehead atoms. The van der Waals surface area contributed by atoms with Gasteiger partial charge in [0.15, 0.2) is 0 Å². The molecule has 4 fully saturated rings. The van der Waals surface area contributed by atoms with Gasteiger partial charge in [0.1, 0.15) is 0 Å².